The fourth-order valence-electron chi connectivity index (χ4n) is 6.19. The van der Waals surface area contributed by atoms with Crippen LogP contribution in [0.3, 0.4) is 0 Å². The number of carbonyl (C=O) groups excluding carboxylic acids is 4. The molecule has 5 rings (SSSR count). The Balaban J connectivity index is 1.28. The van der Waals surface area contributed by atoms with Crippen molar-refractivity contribution >= 4 is 52.8 Å². The summed E-state index contributed by atoms with van der Waals surface area (Å²) >= 11 is 1.13. The highest BCUT2D eigenvalue weighted by Gasteiger charge is 2.44. The number of nitrogens with zero attached hydrogens (tertiary/aromatic N) is 2. The number of amides is 5. The highest BCUT2D eigenvalue weighted by Crippen LogP contribution is 2.53. The fourth-order valence-corrected chi connectivity index (χ4v) is 7.68. The lowest BCUT2D eigenvalue weighted by atomic mass is 9.99. The van der Waals surface area contributed by atoms with E-state index in [1.165, 1.54) is 24.3 Å². The zero-order valence-corrected chi connectivity index (χ0v) is 24.8. The molecule has 3 aliphatic heterocycles. The van der Waals surface area contributed by atoms with Crippen LogP contribution in [0.5, 0.6) is 0 Å². The van der Waals surface area contributed by atoms with Crippen molar-refractivity contribution < 1.29 is 37.9 Å². The summed E-state index contributed by atoms with van der Waals surface area (Å²) in [4.78, 5) is 74.3. The molecule has 3 saturated heterocycles. The number of urea groups is 1. The van der Waals surface area contributed by atoms with Crippen LogP contribution in [0.25, 0.3) is 10.1 Å². The van der Waals surface area contributed by atoms with Gasteiger partial charge in [0.05, 0.1) is 4.88 Å². The highest BCUT2D eigenvalue weighted by atomic mass is 32.1. The van der Waals surface area contributed by atoms with Gasteiger partial charge in [0.25, 0.3) is 5.91 Å². The summed E-state index contributed by atoms with van der Waals surface area (Å²) in [6.45, 7) is 0.932. The van der Waals surface area contributed by atoms with Gasteiger partial charge in [0.2, 0.25) is 17.7 Å². The van der Waals surface area contributed by atoms with E-state index in [-0.39, 0.29) is 40.4 Å². The molecule has 3 aliphatic rings. The van der Waals surface area contributed by atoms with Crippen LogP contribution in [-0.4, -0.2) is 87.6 Å². The molecule has 3 fully saturated rings. The second-order valence-electron chi connectivity index (χ2n) is 11.1. The van der Waals surface area contributed by atoms with Crippen LogP contribution in [-0.2, 0) is 14.2 Å². The number of halogens is 1. The molecule has 4 heterocycles. The smallest absolute Gasteiger partial charge is 0.350 e. The van der Waals surface area contributed by atoms with Gasteiger partial charge in [-0.25, -0.2) is 9.18 Å². The molecule has 5 amide bonds. The summed E-state index contributed by atoms with van der Waals surface area (Å²) < 4.78 is 26.2. The maximum atomic E-state index is 14.2. The van der Waals surface area contributed by atoms with Gasteiger partial charge in [0.1, 0.15) is 12.1 Å². The maximum absolute atomic E-state index is 14.2. The standard InChI is InChI=1S/C27H35FN5O7PS/c1-29-27(37)32-11-10-17(14-32)30-24(34)20-8-7-18-4-2-3-5-19(26(36)33(18)20)31-25(35)22-13-16-12-15(6-9-21(16)42-22)23(28)41(38,39)40/h6,9,12-13,17-20,23H,2-5,7-8,10-11,14H2,1H3,(H,29,37)(H,30,34)(H,31,35)(H2,38,39,40)/t17-,18+,19+,20+,23?/m1/s1. The number of carbonyl (C=O) groups is 4. The number of likely N-dealkylation sites (tertiary alicyclic amines) is 1. The average Bonchev–Trinajstić information content (AvgIpc) is 3.69. The Morgan fingerprint density at radius 2 is 1.83 bits per heavy atom. The third-order valence-electron chi connectivity index (χ3n) is 8.31. The van der Waals surface area contributed by atoms with E-state index >= 15 is 0 Å². The van der Waals surface area contributed by atoms with Crippen molar-refractivity contribution in [1.82, 2.24) is 25.8 Å². The molecule has 1 aromatic carbocycles. The SMILES string of the molecule is CNC(=O)N1CC[C@@H](NC(=O)[C@@H]2CC[C@@H]3CCCC[C@H](NC(=O)c4cc5cc(C(F)P(=O)(O)O)ccc5s4)C(=O)N32)C1. The van der Waals surface area contributed by atoms with E-state index in [2.05, 4.69) is 16.0 Å². The molecular weight excluding hydrogens is 588 g/mol. The normalized spacial score (nSPS) is 25.5. The minimum Gasteiger partial charge on any atom is -0.350 e. The highest BCUT2D eigenvalue weighted by molar-refractivity contribution is 7.51. The van der Waals surface area contributed by atoms with E-state index in [9.17, 15) is 37.9 Å². The molecule has 0 saturated carbocycles. The minimum atomic E-state index is -4.98. The van der Waals surface area contributed by atoms with Crippen molar-refractivity contribution in [3.8, 4) is 0 Å². The van der Waals surface area contributed by atoms with Crippen LogP contribution >= 0.6 is 18.9 Å². The number of rotatable bonds is 6. The Hall–Kier alpha value is -3.06. The van der Waals surface area contributed by atoms with Crippen molar-refractivity contribution in [2.45, 2.75) is 75.0 Å². The number of fused-ring (bicyclic) bond motifs is 2. The summed E-state index contributed by atoms with van der Waals surface area (Å²) in [6, 6.07) is 3.64. The molecule has 0 aliphatic carbocycles. The van der Waals surface area contributed by atoms with E-state index < -0.39 is 31.5 Å². The van der Waals surface area contributed by atoms with Gasteiger partial charge in [-0.05, 0) is 61.3 Å². The second kappa shape index (κ2) is 12.3. The molecule has 2 aromatic rings. The maximum Gasteiger partial charge on any atom is 0.363 e. The quantitative estimate of drug-likeness (QED) is 0.308. The molecule has 12 nitrogen and oxygen atoms in total. The first kappa shape index (κ1) is 30.4. The molecule has 0 spiro atoms. The number of alkyl halides is 1. The Morgan fingerprint density at radius 1 is 1.07 bits per heavy atom. The molecule has 5 N–H and O–H groups in total. The Bertz CT molecular complexity index is 1430. The summed E-state index contributed by atoms with van der Waals surface area (Å²) in [5, 5.41) is 8.91. The third-order valence-corrected chi connectivity index (χ3v) is 10.3. The first-order chi connectivity index (χ1) is 20.0. The molecular formula is C27H35FN5O7PS. The van der Waals surface area contributed by atoms with Crippen LogP contribution in [0.1, 0.15) is 66.1 Å². The predicted molar refractivity (Wildman–Crippen MR) is 154 cm³/mol. The third kappa shape index (κ3) is 6.31. The number of hydrogen-bond acceptors (Lipinski definition) is 6. The fraction of sp³-hybridized carbons (Fsp3) is 0.556. The van der Waals surface area contributed by atoms with Gasteiger partial charge >= 0.3 is 13.6 Å². The van der Waals surface area contributed by atoms with Crippen LogP contribution in [0.2, 0.25) is 0 Å². The molecule has 15 heteroatoms. The summed E-state index contributed by atoms with van der Waals surface area (Å²) in [5.74, 6) is -3.49. The summed E-state index contributed by atoms with van der Waals surface area (Å²) in [7, 11) is -3.42. The van der Waals surface area contributed by atoms with Crippen LogP contribution in [0.15, 0.2) is 24.3 Å². The van der Waals surface area contributed by atoms with Crippen LogP contribution in [0.4, 0.5) is 9.18 Å². The lowest BCUT2D eigenvalue weighted by Crippen LogP contribution is -2.57. The van der Waals surface area contributed by atoms with E-state index in [0.717, 1.165) is 30.6 Å². The zero-order chi connectivity index (χ0) is 30.2. The lowest BCUT2D eigenvalue weighted by Gasteiger charge is -2.35. The van der Waals surface area contributed by atoms with Crippen molar-refractivity contribution in [3.05, 3.63) is 34.7 Å². The Morgan fingerprint density at radius 3 is 2.57 bits per heavy atom. The van der Waals surface area contributed by atoms with Crippen molar-refractivity contribution in [1.29, 1.82) is 0 Å². The zero-order valence-electron chi connectivity index (χ0n) is 23.1. The van der Waals surface area contributed by atoms with Gasteiger partial charge in [0.15, 0.2) is 0 Å². The molecule has 1 aromatic heterocycles. The van der Waals surface area contributed by atoms with Crippen molar-refractivity contribution in [2.75, 3.05) is 20.1 Å². The van der Waals surface area contributed by atoms with E-state index in [1.807, 2.05) is 0 Å². The van der Waals surface area contributed by atoms with E-state index in [0.29, 0.717) is 48.9 Å². The van der Waals surface area contributed by atoms with Gasteiger partial charge in [-0.2, -0.15) is 0 Å². The van der Waals surface area contributed by atoms with Crippen LogP contribution in [0, 0.1) is 0 Å². The Labute approximate surface area is 246 Å². The molecule has 228 valence electrons. The van der Waals surface area contributed by atoms with Crippen molar-refractivity contribution in [2.24, 2.45) is 0 Å². The molecule has 0 bridgehead atoms. The van der Waals surface area contributed by atoms with E-state index in [4.69, 9.17) is 0 Å². The van der Waals surface area contributed by atoms with Gasteiger partial charge in [-0.3, -0.25) is 18.9 Å². The molecule has 5 atom stereocenters. The number of benzene rings is 1. The molecule has 0 radical (unpaired) electrons. The lowest BCUT2D eigenvalue weighted by molar-refractivity contribution is -0.142. The number of nitrogens with one attached hydrogen (secondary N) is 3. The average molecular weight is 624 g/mol. The topological polar surface area (TPSA) is 168 Å². The van der Waals surface area contributed by atoms with E-state index in [1.54, 1.807) is 16.8 Å². The minimum absolute atomic E-state index is 0.0932. The van der Waals surface area contributed by atoms with Crippen molar-refractivity contribution in [3.63, 3.8) is 0 Å². The van der Waals surface area contributed by atoms with Gasteiger partial charge in [-0.15, -0.1) is 11.3 Å². The molecule has 42 heavy (non-hydrogen) atoms. The second-order valence-corrected chi connectivity index (χ2v) is 13.8. The predicted octanol–water partition coefficient (Wildman–Crippen LogP) is 2.61. The summed E-state index contributed by atoms with van der Waals surface area (Å²) in [5.41, 5.74) is -0.181. The van der Waals surface area contributed by atoms with Gasteiger partial charge in [-0.1, -0.05) is 18.9 Å². The summed E-state index contributed by atoms with van der Waals surface area (Å²) in [6.07, 6.45) is 4.66. The molecule has 1 unspecified atom stereocenters. The largest absolute Gasteiger partial charge is 0.363 e. The number of hydrogen-bond donors (Lipinski definition) is 5. The van der Waals surface area contributed by atoms with Gasteiger partial charge in [0, 0.05) is 36.9 Å². The first-order valence-electron chi connectivity index (χ1n) is 14.1. The monoisotopic (exact) mass is 623 g/mol. The first-order valence-corrected chi connectivity index (χ1v) is 16.6. The Kier molecular flexibility index (Phi) is 8.89. The number of thiophene rings is 1. The van der Waals surface area contributed by atoms with Crippen LogP contribution < -0.4 is 16.0 Å². The van der Waals surface area contributed by atoms with Gasteiger partial charge < -0.3 is 35.5 Å².